The SMILES string of the molecule is CC1C(Nc2ccccc2)CC2CC1C2(C)C. The van der Waals surface area contributed by atoms with E-state index in [9.17, 15) is 0 Å². The van der Waals surface area contributed by atoms with E-state index in [1.54, 1.807) is 0 Å². The monoisotopic (exact) mass is 229 g/mol. The maximum Gasteiger partial charge on any atom is 0.0342 e. The minimum absolute atomic E-state index is 0.592. The third kappa shape index (κ3) is 1.67. The summed E-state index contributed by atoms with van der Waals surface area (Å²) in [5.41, 5.74) is 1.87. The van der Waals surface area contributed by atoms with Crippen LogP contribution in [0.1, 0.15) is 33.6 Å². The average Bonchev–Trinajstić information content (AvgIpc) is 2.32. The first-order valence-corrected chi connectivity index (χ1v) is 6.90. The molecule has 3 fully saturated rings. The van der Waals surface area contributed by atoms with Crippen molar-refractivity contribution >= 4 is 5.69 Å². The summed E-state index contributed by atoms with van der Waals surface area (Å²) in [4.78, 5) is 0. The highest BCUT2D eigenvalue weighted by Crippen LogP contribution is 2.61. The maximum absolute atomic E-state index is 3.73. The van der Waals surface area contributed by atoms with Crippen LogP contribution in [-0.2, 0) is 0 Å². The molecule has 0 aromatic heterocycles. The lowest BCUT2D eigenvalue weighted by Crippen LogP contribution is -2.58. The molecule has 1 heteroatoms. The fourth-order valence-corrected chi connectivity index (χ4v) is 4.09. The van der Waals surface area contributed by atoms with Gasteiger partial charge in [0.15, 0.2) is 0 Å². The molecule has 0 heterocycles. The van der Waals surface area contributed by atoms with Crippen molar-refractivity contribution in [2.24, 2.45) is 23.2 Å². The van der Waals surface area contributed by atoms with Gasteiger partial charge in [-0.25, -0.2) is 0 Å². The van der Waals surface area contributed by atoms with E-state index < -0.39 is 0 Å². The molecule has 0 aliphatic heterocycles. The van der Waals surface area contributed by atoms with Crippen molar-refractivity contribution in [2.75, 3.05) is 5.32 Å². The van der Waals surface area contributed by atoms with E-state index in [0.29, 0.717) is 11.5 Å². The molecule has 4 unspecified atom stereocenters. The Morgan fingerprint density at radius 1 is 1.12 bits per heavy atom. The fourth-order valence-electron chi connectivity index (χ4n) is 4.09. The molecule has 2 bridgehead atoms. The van der Waals surface area contributed by atoms with Gasteiger partial charge in [-0.05, 0) is 48.1 Å². The molecule has 0 amide bonds. The summed E-state index contributed by atoms with van der Waals surface area (Å²) in [5.74, 6) is 2.66. The molecule has 1 aromatic carbocycles. The second-order valence-electron chi connectivity index (χ2n) is 6.57. The van der Waals surface area contributed by atoms with Crippen molar-refractivity contribution in [2.45, 2.75) is 39.7 Å². The van der Waals surface area contributed by atoms with Gasteiger partial charge in [0.1, 0.15) is 0 Å². The molecule has 3 aliphatic rings. The van der Waals surface area contributed by atoms with E-state index in [1.165, 1.54) is 18.5 Å². The summed E-state index contributed by atoms with van der Waals surface area (Å²) in [6, 6.07) is 11.3. The maximum atomic E-state index is 3.73. The summed E-state index contributed by atoms with van der Waals surface area (Å²) in [7, 11) is 0. The number of nitrogens with one attached hydrogen (secondary N) is 1. The van der Waals surface area contributed by atoms with Gasteiger partial charge < -0.3 is 5.32 Å². The summed E-state index contributed by atoms with van der Waals surface area (Å²) in [6.07, 6.45) is 2.81. The molecule has 17 heavy (non-hydrogen) atoms. The normalized spacial score (nSPS) is 38.3. The van der Waals surface area contributed by atoms with Crippen molar-refractivity contribution in [1.82, 2.24) is 0 Å². The first-order chi connectivity index (χ1) is 8.09. The Kier molecular flexibility index (Phi) is 2.46. The second-order valence-corrected chi connectivity index (χ2v) is 6.57. The quantitative estimate of drug-likeness (QED) is 0.802. The molecule has 92 valence electrons. The van der Waals surface area contributed by atoms with Crippen molar-refractivity contribution < 1.29 is 0 Å². The van der Waals surface area contributed by atoms with Crippen molar-refractivity contribution in [1.29, 1.82) is 0 Å². The van der Waals surface area contributed by atoms with Crippen molar-refractivity contribution in [3.63, 3.8) is 0 Å². The van der Waals surface area contributed by atoms with E-state index >= 15 is 0 Å². The molecule has 1 aromatic rings. The van der Waals surface area contributed by atoms with Crippen LogP contribution in [0.25, 0.3) is 0 Å². The number of anilines is 1. The van der Waals surface area contributed by atoms with Crippen LogP contribution in [0.2, 0.25) is 0 Å². The standard InChI is InChI=1S/C16H23N/c1-11-14-9-12(16(14,2)3)10-15(11)17-13-7-5-4-6-8-13/h4-8,11-12,14-15,17H,9-10H2,1-3H3. The summed E-state index contributed by atoms with van der Waals surface area (Å²) in [6.45, 7) is 7.35. The van der Waals surface area contributed by atoms with Crippen LogP contribution in [-0.4, -0.2) is 6.04 Å². The van der Waals surface area contributed by atoms with Gasteiger partial charge in [0.25, 0.3) is 0 Å². The van der Waals surface area contributed by atoms with E-state index in [0.717, 1.165) is 17.8 Å². The molecular formula is C16H23N. The lowest BCUT2D eigenvalue weighted by molar-refractivity contribution is -0.105. The van der Waals surface area contributed by atoms with Gasteiger partial charge in [-0.2, -0.15) is 0 Å². The molecule has 0 spiro atoms. The first-order valence-electron chi connectivity index (χ1n) is 6.90. The predicted molar refractivity (Wildman–Crippen MR) is 73.0 cm³/mol. The molecule has 3 aliphatic carbocycles. The highest BCUT2D eigenvalue weighted by atomic mass is 14.9. The van der Waals surface area contributed by atoms with Crippen molar-refractivity contribution in [3.05, 3.63) is 30.3 Å². The van der Waals surface area contributed by atoms with E-state index in [1.807, 2.05) is 0 Å². The minimum atomic E-state index is 0.592. The lowest BCUT2D eigenvalue weighted by Gasteiger charge is -2.62. The lowest BCUT2D eigenvalue weighted by atomic mass is 9.45. The Bertz CT molecular complexity index is 395. The number of para-hydroxylation sites is 1. The molecule has 0 saturated heterocycles. The number of rotatable bonds is 2. The van der Waals surface area contributed by atoms with Crippen molar-refractivity contribution in [3.8, 4) is 0 Å². The molecule has 1 nitrogen and oxygen atoms in total. The third-order valence-corrected chi connectivity index (χ3v) is 5.48. The third-order valence-electron chi connectivity index (χ3n) is 5.48. The molecule has 4 rings (SSSR count). The van der Waals surface area contributed by atoms with E-state index in [4.69, 9.17) is 0 Å². The van der Waals surface area contributed by atoms with Crippen LogP contribution in [0, 0.1) is 23.2 Å². The zero-order valence-corrected chi connectivity index (χ0v) is 11.1. The zero-order chi connectivity index (χ0) is 12.0. The summed E-state index contributed by atoms with van der Waals surface area (Å²) in [5, 5.41) is 3.73. The number of hydrogen-bond donors (Lipinski definition) is 1. The summed E-state index contributed by atoms with van der Waals surface area (Å²) >= 11 is 0. The van der Waals surface area contributed by atoms with Crippen LogP contribution in [0.5, 0.6) is 0 Å². The topological polar surface area (TPSA) is 12.0 Å². The fraction of sp³-hybridized carbons (Fsp3) is 0.625. The Morgan fingerprint density at radius 3 is 2.41 bits per heavy atom. The largest absolute Gasteiger partial charge is 0.382 e. The highest BCUT2D eigenvalue weighted by molar-refractivity contribution is 5.44. The second kappa shape index (κ2) is 3.76. The summed E-state index contributed by atoms with van der Waals surface area (Å²) < 4.78 is 0. The van der Waals surface area contributed by atoms with Crippen LogP contribution in [0.15, 0.2) is 30.3 Å². The molecule has 0 radical (unpaired) electrons. The number of benzene rings is 1. The van der Waals surface area contributed by atoms with E-state index in [-0.39, 0.29) is 0 Å². The molecule has 4 atom stereocenters. The molecule has 3 saturated carbocycles. The Morgan fingerprint density at radius 2 is 1.82 bits per heavy atom. The van der Waals surface area contributed by atoms with Gasteiger partial charge >= 0.3 is 0 Å². The minimum Gasteiger partial charge on any atom is -0.382 e. The van der Waals surface area contributed by atoms with Crippen LogP contribution in [0.3, 0.4) is 0 Å². The van der Waals surface area contributed by atoms with Crippen LogP contribution in [0.4, 0.5) is 5.69 Å². The molecular weight excluding hydrogens is 206 g/mol. The first kappa shape index (κ1) is 11.1. The zero-order valence-electron chi connectivity index (χ0n) is 11.1. The van der Waals surface area contributed by atoms with Gasteiger partial charge in [-0.3, -0.25) is 0 Å². The van der Waals surface area contributed by atoms with Gasteiger partial charge in [-0.1, -0.05) is 39.0 Å². The van der Waals surface area contributed by atoms with Crippen LogP contribution >= 0.6 is 0 Å². The van der Waals surface area contributed by atoms with Gasteiger partial charge in [0.05, 0.1) is 0 Å². The van der Waals surface area contributed by atoms with Gasteiger partial charge in [-0.15, -0.1) is 0 Å². The highest BCUT2D eigenvalue weighted by Gasteiger charge is 2.56. The van der Waals surface area contributed by atoms with Crippen LogP contribution < -0.4 is 5.32 Å². The Balaban J connectivity index is 1.71. The molecule has 1 N–H and O–H groups in total. The Hall–Kier alpha value is -0.980. The van der Waals surface area contributed by atoms with E-state index in [2.05, 4.69) is 56.4 Å². The number of hydrogen-bond acceptors (Lipinski definition) is 1. The predicted octanol–water partition coefficient (Wildman–Crippen LogP) is 4.17. The van der Waals surface area contributed by atoms with Gasteiger partial charge in [0.2, 0.25) is 0 Å². The number of fused-ring (bicyclic) bond motifs is 2. The van der Waals surface area contributed by atoms with Gasteiger partial charge in [0, 0.05) is 11.7 Å². The Labute approximate surface area is 105 Å². The smallest absolute Gasteiger partial charge is 0.0342 e. The average molecular weight is 229 g/mol.